The smallest absolute Gasteiger partial charge is 0.414 e. The summed E-state index contributed by atoms with van der Waals surface area (Å²) in [6, 6.07) is 7.03. The Balaban J connectivity index is 1.43. The molecular weight excluding hydrogens is 445 g/mol. The predicted octanol–water partition coefficient (Wildman–Crippen LogP) is 3.75. The van der Waals surface area contributed by atoms with Crippen molar-refractivity contribution in [2.75, 3.05) is 18.1 Å². The lowest BCUT2D eigenvalue weighted by molar-refractivity contribution is -0.148. The third kappa shape index (κ3) is 4.62. The van der Waals surface area contributed by atoms with Crippen molar-refractivity contribution in [2.24, 2.45) is 32.3 Å². The molecule has 1 saturated heterocycles. The Kier molecular flexibility index (Phi) is 6.33. The molecule has 1 aromatic carbocycles. The quantitative estimate of drug-likeness (QED) is 0.612. The fourth-order valence-electron chi connectivity index (χ4n) is 3.44. The molecule has 0 unspecified atom stereocenters. The highest BCUT2D eigenvalue weighted by Gasteiger charge is 2.34. The van der Waals surface area contributed by atoms with Crippen LogP contribution in [0.5, 0.6) is 0 Å². The molecule has 1 fully saturated rings. The first-order valence-corrected chi connectivity index (χ1v) is 10.7. The molecule has 11 nitrogen and oxygen atoms in total. The number of esters is 1. The van der Waals surface area contributed by atoms with Crippen molar-refractivity contribution in [3.63, 3.8) is 0 Å². The normalized spacial score (nSPS) is 19.5. The number of carbonyl (C=O) groups excluding carboxylic acids is 2. The standard InChI is InChI=1S/C22H24FN7O4/c1-12(2)19(24)20(31)33-11-15-10-30(21(32)34-15)14-5-6-16(17(23)8-14)13-4-7-18(25-9-13)22(3)26-28-29-27-22/h4-9,12,15,19H,10-11,24H2,1-3H3/t15-,19+/m1/s1. The van der Waals surface area contributed by atoms with E-state index in [2.05, 4.69) is 25.7 Å². The lowest BCUT2D eigenvalue weighted by Gasteiger charge is -2.16. The van der Waals surface area contributed by atoms with Gasteiger partial charge in [0.2, 0.25) is 5.66 Å². The van der Waals surface area contributed by atoms with Gasteiger partial charge in [0.1, 0.15) is 18.5 Å². The molecule has 0 bridgehead atoms. The van der Waals surface area contributed by atoms with Gasteiger partial charge in [-0.3, -0.25) is 14.7 Å². The minimum absolute atomic E-state index is 0.0788. The molecule has 12 heteroatoms. The zero-order valence-corrected chi connectivity index (χ0v) is 18.9. The molecule has 4 rings (SSSR count). The number of hydrogen-bond acceptors (Lipinski definition) is 10. The lowest BCUT2D eigenvalue weighted by atomic mass is 10.0. The van der Waals surface area contributed by atoms with Crippen LogP contribution in [0.15, 0.2) is 57.2 Å². The van der Waals surface area contributed by atoms with Gasteiger partial charge in [0.25, 0.3) is 0 Å². The highest BCUT2D eigenvalue weighted by atomic mass is 19.1. The number of hydrogen-bond donors (Lipinski definition) is 1. The summed E-state index contributed by atoms with van der Waals surface area (Å²) in [5, 5.41) is 14.9. The molecule has 2 aliphatic rings. The number of nitrogens with two attached hydrogens (primary N) is 1. The van der Waals surface area contributed by atoms with Gasteiger partial charge in [0.15, 0.2) is 6.10 Å². The van der Waals surface area contributed by atoms with Crippen molar-refractivity contribution < 1.29 is 23.5 Å². The number of pyridine rings is 1. The van der Waals surface area contributed by atoms with Gasteiger partial charge in [-0.05, 0) is 47.6 Å². The first-order chi connectivity index (χ1) is 16.2. The van der Waals surface area contributed by atoms with Crippen LogP contribution >= 0.6 is 0 Å². The second-order valence-corrected chi connectivity index (χ2v) is 8.51. The van der Waals surface area contributed by atoms with Crippen molar-refractivity contribution in [1.29, 1.82) is 0 Å². The number of rotatable bonds is 7. The summed E-state index contributed by atoms with van der Waals surface area (Å²) in [4.78, 5) is 29.8. The van der Waals surface area contributed by atoms with E-state index in [0.29, 0.717) is 22.5 Å². The number of ether oxygens (including phenoxy) is 2. The Hall–Kier alpha value is -3.80. The van der Waals surface area contributed by atoms with Crippen molar-refractivity contribution in [3.05, 3.63) is 48.0 Å². The summed E-state index contributed by atoms with van der Waals surface area (Å²) in [6.07, 6.45) is 0.181. The molecule has 2 aromatic rings. The maximum Gasteiger partial charge on any atom is 0.414 e. The lowest BCUT2D eigenvalue weighted by Crippen LogP contribution is -2.38. The van der Waals surface area contributed by atoms with Gasteiger partial charge in [-0.15, -0.1) is 10.2 Å². The maximum absolute atomic E-state index is 15.0. The van der Waals surface area contributed by atoms with Crippen LogP contribution in [-0.2, 0) is 19.9 Å². The van der Waals surface area contributed by atoms with Crippen molar-refractivity contribution in [1.82, 2.24) is 4.98 Å². The molecule has 34 heavy (non-hydrogen) atoms. The monoisotopic (exact) mass is 469 g/mol. The van der Waals surface area contributed by atoms with Crippen LogP contribution in [0.25, 0.3) is 11.1 Å². The van der Waals surface area contributed by atoms with Crippen LogP contribution in [0, 0.1) is 11.7 Å². The van der Waals surface area contributed by atoms with Crippen LogP contribution in [0.1, 0.15) is 26.5 Å². The number of cyclic esters (lactones) is 1. The predicted molar refractivity (Wildman–Crippen MR) is 118 cm³/mol. The van der Waals surface area contributed by atoms with E-state index in [0.717, 1.165) is 0 Å². The van der Waals surface area contributed by atoms with Crippen LogP contribution in [0.3, 0.4) is 0 Å². The first kappa shape index (κ1) is 23.4. The Labute approximate surface area is 194 Å². The van der Waals surface area contributed by atoms with E-state index >= 15 is 0 Å². The summed E-state index contributed by atoms with van der Waals surface area (Å²) >= 11 is 0. The second kappa shape index (κ2) is 9.21. The van der Waals surface area contributed by atoms with Crippen LogP contribution < -0.4 is 10.6 Å². The van der Waals surface area contributed by atoms with E-state index in [1.165, 1.54) is 17.2 Å². The number of benzene rings is 1. The molecule has 2 N–H and O–H groups in total. The van der Waals surface area contributed by atoms with E-state index in [9.17, 15) is 14.0 Å². The number of carbonyl (C=O) groups is 2. The fraction of sp³-hybridized carbons (Fsp3) is 0.409. The van der Waals surface area contributed by atoms with Crippen molar-refractivity contribution >= 4 is 17.7 Å². The number of nitrogens with zero attached hydrogens (tertiary/aromatic N) is 6. The van der Waals surface area contributed by atoms with Gasteiger partial charge < -0.3 is 15.2 Å². The van der Waals surface area contributed by atoms with Crippen LogP contribution in [-0.4, -0.2) is 42.3 Å². The molecule has 0 saturated carbocycles. The number of anilines is 1. The van der Waals surface area contributed by atoms with Crippen molar-refractivity contribution in [2.45, 2.75) is 38.6 Å². The Morgan fingerprint density at radius 1 is 1.29 bits per heavy atom. The van der Waals surface area contributed by atoms with Crippen LogP contribution in [0.2, 0.25) is 0 Å². The number of amides is 1. The van der Waals surface area contributed by atoms with E-state index < -0.39 is 35.7 Å². The molecule has 178 valence electrons. The fourth-order valence-corrected chi connectivity index (χ4v) is 3.44. The SMILES string of the molecule is CC(C)[C@H](N)C(=O)OC[C@H]1CN(c2ccc(-c3ccc(C4(C)N=NN=N4)nc3)c(F)c2)C(=O)O1. The Morgan fingerprint density at radius 2 is 2.03 bits per heavy atom. The Bertz CT molecular complexity index is 1140. The van der Waals surface area contributed by atoms with Gasteiger partial charge >= 0.3 is 12.1 Å². The highest BCUT2D eigenvalue weighted by molar-refractivity contribution is 5.90. The van der Waals surface area contributed by atoms with Gasteiger partial charge in [-0.1, -0.05) is 19.9 Å². The molecule has 3 heterocycles. The summed E-state index contributed by atoms with van der Waals surface area (Å²) in [5.41, 5.74) is 6.47. The average molecular weight is 469 g/mol. The van der Waals surface area contributed by atoms with Crippen molar-refractivity contribution in [3.8, 4) is 11.1 Å². The number of aromatic nitrogens is 1. The molecule has 1 aromatic heterocycles. The second-order valence-electron chi connectivity index (χ2n) is 8.51. The molecule has 1 amide bonds. The van der Waals surface area contributed by atoms with E-state index in [4.69, 9.17) is 15.2 Å². The van der Waals surface area contributed by atoms with Gasteiger partial charge in [-0.25, -0.2) is 9.18 Å². The topological polar surface area (TPSA) is 144 Å². The van der Waals surface area contributed by atoms with E-state index in [1.54, 1.807) is 45.0 Å². The van der Waals surface area contributed by atoms with Crippen LogP contribution in [0.4, 0.5) is 14.9 Å². The van der Waals surface area contributed by atoms with Gasteiger partial charge in [0.05, 0.1) is 17.9 Å². The minimum atomic E-state index is -0.984. The highest BCUT2D eigenvalue weighted by Crippen LogP contribution is 2.33. The zero-order chi connectivity index (χ0) is 24.5. The van der Waals surface area contributed by atoms with Gasteiger partial charge in [0, 0.05) is 17.3 Å². The molecule has 2 atom stereocenters. The summed E-state index contributed by atoms with van der Waals surface area (Å²) < 4.78 is 25.4. The third-order valence-corrected chi connectivity index (χ3v) is 5.62. The number of halogens is 1. The first-order valence-electron chi connectivity index (χ1n) is 10.7. The average Bonchev–Trinajstić information content (AvgIpc) is 3.43. The summed E-state index contributed by atoms with van der Waals surface area (Å²) in [7, 11) is 0. The minimum Gasteiger partial charge on any atom is -0.460 e. The molecule has 2 aliphatic heterocycles. The van der Waals surface area contributed by atoms with E-state index in [-0.39, 0.29) is 19.1 Å². The maximum atomic E-state index is 15.0. The molecular formula is C22H24FN7O4. The third-order valence-electron chi connectivity index (χ3n) is 5.62. The molecule has 0 radical (unpaired) electrons. The summed E-state index contributed by atoms with van der Waals surface area (Å²) in [5.74, 6) is -1.18. The largest absolute Gasteiger partial charge is 0.460 e. The Morgan fingerprint density at radius 3 is 2.65 bits per heavy atom. The van der Waals surface area contributed by atoms with Gasteiger partial charge in [-0.2, -0.15) is 0 Å². The summed E-state index contributed by atoms with van der Waals surface area (Å²) in [6.45, 7) is 5.31. The van der Waals surface area contributed by atoms with E-state index in [1.807, 2.05) is 0 Å². The molecule has 0 aliphatic carbocycles. The zero-order valence-electron chi connectivity index (χ0n) is 18.9. The molecule has 0 spiro atoms.